The molecular formula is C21H23N3O4. The second-order valence-electron chi connectivity index (χ2n) is 6.20. The lowest BCUT2D eigenvalue weighted by molar-refractivity contribution is -0.120. The fourth-order valence-corrected chi connectivity index (χ4v) is 2.88. The summed E-state index contributed by atoms with van der Waals surface area (Å²) in [5.74, 6) is 1.33. The summed E-state index contributed by atoms with van der Waals surface area (Å²) in [6.45, 7) is 3.27. The molecule has 7 nitrogen and oxygen atoms in total. The minimum atomic E-state index is -0.177. The fourth-order valence-electron chi connectivity index (χ4n) is 2.88. The fraction of sp³-hybridized carbons (Fsp3) is 0.286. The third kappa shape index (κ3) is 4.68. The van der Waals surface area contributed by atoms with Crippen molar-refractivity contribution in [2.75, 3.05) is 19.8 Å². The summed E-state index contributed by atoms with van der Waals surface area (Å²) in [6, 6.07) is 14.5. The average molecular weight is 381 g/mol. The number of ether oxygens (including phenoxy) is 2. The second kappa shape index (κ2) is 9.03. The van der Waals surface area contributed by atoms with Crippen molar-refractivity contribution in [3.05, 3.63) is 64.6 Å². The van der Waals surface area contributed by atoms with Crippen molar-refractivity contribution >= 4 is 16.7 Å². The minimum absolute atomic E-state index is 0.0949. The Morgan fingerprint density at radius 2 is 1.68 bits per heavy atom. The highest BCUT2D eigenvalue weighted by Gasteiger charge is 2.12. The van der Waals surface area contributed by atoms with E-state index >= 15 is 0 Å². The van der Waals surface area contributed by atoms with Crippen molar-refractivity contribution in [2.45, 2.75) is 13.3 Å². The number of carbonyl (C=O) groups is 1. The number of fused-ring (bicyclic) bond motifs is 1. The molecule has 1 aromatic heterocycles. The molecular weight excluding hydrogens is 358 g/mol. The van der Waals surface area contributed by atoms with Gasteiger partial charge in [0.05, 0.1) is 30.7 Å². The molecule has 0 aliphatic rings. The molecule has 28 heavy (non-hydrogen) atoms. The first kappa shape index (κ1) is 19.4. The molecule has 0 saturated carbocycles. The van der Waals surface area contributed by atoms with Crippen LogP contribution in [0.15, 0.2) is 53.3 Å². The van der Waals surface area contributed by atoms with Crippen LogP contribution in [0, 0.1) is 0 Å². The van der Waals surface area contributed by atoms with Gasteiger partial charge in [0.2, 0.25) is 5.91 Å². The summed E-state index contributed by atoms with van der Waals surface area (Å²) >= 11 is 0. The van der Waals surface area contributed by atoms with Crippen LogP contribution in [-0.4, -0.2) is 35.4 Å². The Labute approximate surface area is 162 Å². The Kier molecular flexibility index (Phi) is 6.26. The van der Waals surface area contributed by atoms with Crippen LogP contribution in [0.2, 0.25) is 0 Å². The van der Waals surface area contributed by atoms with E-state index in [2.05, 4.69) is 10.4 Å². The molecule has 0 fully saturated rings. The summed E-state index contributed by atoms with van der Waals surface area (Å²) in [5, 5.41) is 8.31. The number of benzene rings is 2. The highest BCUT2D eigenvalue weighted by Crippen LogP contribution is 2.17. The van der Waals surface area contributed by atoms with Gasteiger partial charge >= 0.3 is 0 Å². The molecule has 0 aliphatic carbocycles. The van der Waals surface area contributed by atoms with Gasteiger partial charge in [0.15, 0.2) is 0 Å². The number of aromatic nitrogens is 2. The molecule has 0 aliphatic heterocycles. The molecule has 0 unspecified atom stereocenters. The Morgan fingerprint density at radius 3 is 2.36 bits per heavy atom. The van der Waals surface area contributed by atoms with E-state index in [0.29, 0.717) is 42.0 Å². The van der Waals surface area contributed by atoms with E-state index in [1.807, 2.05) is 37.3 Å². The Balaban J connectivity index is 1.53. The van der Waals surface area contributed by atoms with Gasteiger partial charge in [-0.05, 0) is 37.3 Å². The van der Waals surface area contributed by atoms with Crippen molar-refractivity contribution in [3.63, 3.8) is 0 Å². The maximum atomic E-state index is 12.3. The monoisotopic (exact) mass is 381 g/mol. The number of amides is 1. The number of hydrogen-bond acceptors (Lipinski definition) is 5. The van der Waals surface area contributed by atoms with Gasteiger partial charge in [-0.25, -0.2) is 4.68 Å². The molecule has 1 amide bonds. The maximum Gasteiger partial charge on any atom is 0.274 e. The third-order valence-corrected chi connectivity index (χ3v) is 4.19. The molecule has 0 saturated heterocycles. The van der Waals surface area contributed by atoms with Gasteiger partial charge in [0.25, 0.3) is 5.56 Å². The largest absolute Gasteiger partial charge is 0.494 e. The standard InChI is InChI=1S/C21H23N3O4/c1-3-27-15-8-10-16(11-9-15)28-13-12-22-20(25)14-19-17-6-4-5-7-18(17)21(26)24(2)23-19/h4-11H,3,12-14H2,1-2H3,(H,22,25). The lowest BCUT2D eigenvalue weighted by Gasteiger charge is -2.10. The van der Waals surface area contributed by atoms with Crippen LogP contribution in [0.3, 0.4) is 0 Å². The van der Waals surface area contributed by atoms with Crippen LogP contribution in [0.5, 0.6) is 11.5 Å². The molecule has 1 heterocycles. The average Bonchev–Trinajstić information content (AvgIpc) is 2.71. The molecule has 3 aromatic rings. The van der Waals surface area contributed by atoms with E-state index < -0.39 is 0 Å². The molecule has 146 valence electrons. The van der Waals surface area contributed by atoms with Crippen LogP contribution in [-0.2, 0) is 18.3 Å². The zero-order valence-electron chi connectivity index (χ0n) is 16.0. The SMILES string of the molecule is CCOc1ccc(OCCNC(=O)Cc2nn(C)c(=O)c3ccccc23)cc1. The number of nitrogens with one attached hydrogen (secondary N) is 1. The zero-order chi connectivity index (χ0) is 19.9. The number of nitrogens with zero attached hydrogens (tertiary/aromatic N) is 2. The minimum Gasteiger partial charge on any atom is -0.494 e. The van der Waals surface area contributed by atoms with E-state index in [9.17, 15) is 9.59 Å². The summed E-state index contributed by atoms with van der Waals surface area (Å²) in [5.41, 5.74) is 0.395. The van der Waals surface area contributed by atoms with Crippen molar-refractivity contribution < 1.29 is 14.3 Å². The van der Waals surface area contributed by atoms with Crippen LogP contribution >= 0.6 is 0 Å². The van der Waals surface area contributed by atoms with Crippen molar-refractivity contribution in [3.8, 4) is 11.5 Å². The second-order valence-corrected chi connectivity index (χ2v) is 6.20. The highest BCUT2D eigenvalue weighted by molar-refractivity contribution is 5.88. The van der Waals surface area contributed by atoms with Crippen LogP contribution in [0.25, 0.3) is 10.8 Å². The van der Waals surface area contributed by atoms with E-state index in [0.717, 1.165) is 5.75 Å². The highest BCUT2D eigenvalue weighted by atomic mass is 16.5. The first-order valence-corrected chi connectivity index (χ1v) is 9.15. The molecule has 0 radical (unpaired) electrons. The van der Waals surface area contributed by atoms with Crippen molar-refractivity contribution in [1.29, 1.82) is 0 Å². The molecule has 7 heteroatoms. The van der Waals surface area contributed by atoms with Gasteiger partial charge in [-0.1, -0.05) is 18.2 Å². The first-order valence-electron chi connectivity index (χ1n) is 9.15. The predicted molar refractivity (Wildman–Crippen MR) is 107 cm³/mol. The number of rotatable bonds is 8. The molecule has 0 atom stereocenters. The van der Waals surface area contributed by atoms with Gasteiger partial charge in [-0.15, -0.1) is 0 Å². The molecule has 3 rings (SSSR count). The quantitative estimate of drug-likeness (QED) is 0.604. The van der Waals surface area contributed by atoms with Crippen LogP contribution in [0.4, 0.5) is 0 Å². The summed E-state index contributed by atoms with van der Waals surface area (Å²) < 4.78 is 12.3. The van der Waals surface area contributed by atoms with E-state index in [1.54, 1.807) is 25.2 Å². The summed E-state index contributed by atoms with van der Waals surface area (Å²) in [7, 11) is 1.58. The summed E-state index contributed by atoms with van der Waals surface area (Å²) in [6.07, 6.45) is 0.0949. The van der Waals surface area contributed by atoms with E-state index in [-0.39, 0.29) is 17.9 Å². The van der Waals surface area contributed by atoms with Crippen molar-refractivity contribution in [1.82, 2.24) is 15.1 Å². The van der Waals surface area contributed by atoms with Gasteiger partial charge in [-0.2, -0.15) is 5.10 Å². The maximum absolute atomic E-state index is 12.3. The van der Waals surface area contributed by atoms with E-state index in [4.69, 9.17) is 9.47 Å². The number of hydrogen-bond donors (Lipinski definition) is 1. The van der Waals surface area contributed by atoms with Gasteiger partial charge < -0.3 is 14.8 Å². The van der Waals surface area contributed by atoms with Crippen molar-refractivity contribution in [2.24, 2.45) is 7.05 Å². The van der Waals surface area contributed by atoms with Crippen LogP contribution in [0.1, 0.15) is 12.6 Å². The van der Waals surface area contributed by atoms with Gasteiger partial charge in [0, 0.05) is 12.4 Å². The Bertz CT molecular complexity index is 1010. The molecule has 0 spiro atoms. The smallest absolute Gasteiger partial charge is 0.274 e. The predicted octanol–water partition coefficient (Wildman–Crippen LogP) is 2.07. The topological polar surface area (TPSA) is 82.4 Å². The van der Waals surface area contributed by atoms with Gasteiger partial charge in [-0.3, -0.25) is 9.59 Å². The molecule has 0 bridgehead atoms. The number of carbonyl (C=O) groups excluding carboxylic acids is 1. The third-order valence-electron chi connectivity index (χ3n) is 4.19. The Hall–Kier alpha value is -3.35. The van der Waals surface area contributed by atoms with E-state index in [1.165, 1.54) is 4.68 Å². The van der Waals surface area contributed by atoms with Crippen LogP contribution < -0.4 is 20.3 Å². The zero-order valence-corrected chi connectivity index (χ0v) is 16.0. The number of aryl methyl sites for hydroxylation is 1. The molecule has 2 aromatic carbocycles. The normalized spacial score (nSPS) is 10.6. The van der Waals surface area contributed by atoms with Gasteiger partial charge in [0.1, 0.15) is 18.1 Å². The first-order chi connectivity index (χ1) is 13.6. The lowest BCUT2D eigenvalue weighted by atomic mass is 10.1. The summed E-state index contributed by atoms with van der Waals surface area (Å²) in [4.78, 5) is 24.4. The molecule has 1 N–H and O–H groups in total. The Morgan fingerprint density at radius 1 is 1.04 bits per heavy atom. The lowest BCUT2D eigenvalue weighted by Crippen LogP contribution is -2.31.